The van der Waals surface area contributed by atoms with Crippen LogP contribution in [0.3, 0.4) is 0 Å². The fourth-order valence-corrected chi connectivity index (χ4v) is 5.03. The number of aliphatic imine (C=N–C) groups is 1. The first-order valence-electron chi connectivity index (χ1n) is 16.2. The fourth-order valence-electron chi connectivity index (χ4n) is 5.03. The van der Waals surface area contributed by atoms with E-state index in [1.165, 1.54) is 0 Å². The molecule has 4 N–H and O–H groups in total. The summed E-state index contributed by atoms with van der Waals surface area (Å²) in [6, 6.07) is 19.4. The SMILES string of the molecule is CCCCC(=O)NCC1(O)C(NC(=O)[C@@H](NC(=O)OCc2ccccc2)C(C)C)=C(c2ccc(OCc3ccccc3)cc2)C=NC1(F)F. The number of hydrogen-bond acceptors (Lipinski definition) is 7. The number of unbranched alkanes of at least 4 members (excludes halogenated alkanes) is 1. The minimum Gasteiger partial charge on any atom is -0.489 e. The molecule has 3 aromatic rings. The summed E-state index contributed by atoms with van der Waals surface area (Å²) in [4.78, 5) is 42.3. The second-order valence-electron chi connectivity index (χ2n) is 12.0. The minimum absolute atomic E-state index is 0.0200. The van der Waals surface area contributed by atoms with E-state index in [1.54, 1.807) is 62.4 Å². The zero-order chi connectivity index (χ0) is 35.4. The number of aliphatic hydroxyl groups is 1. The molecule has 260 valence electrons. The third-order valence-electron chi connectivity index (χ3n) is 7.93. The van der Waals surface area contributed by atoms with Crippen molar-refractivity contribution in [2.75, 3.05) is 6.54 Å². The first-order chi connectivity index (χ1) is 23.4. The Balaban J connectivity index is 1.63. The lowest BCUT2D eigenvalue weighted by atomic mass is 9.87. The number of alkyl carbamates (subject to hydrolysis) is 1. The van der Waals surface area contributed by atoms with E-state index >= 15 is 8.78 Å². The van der Waals surface area contributed by atoms with Gasteiger partial charge in [-0.2, -0.15) is 8.78 Å². The summed E-state index contributed by atoms with van der Waals surface area (Å²) < 4.78 is 42.3. The van der Waals surface area contributed by atoms with Crippen LogP contribution in [0.2, 0.25) is 0 Å². The van der Waals surface area contributed by atoms with Gasteiger partial charge in [0.1, 0.15) is 25.0 Å². The molecule has 0 spiro atoms. The monoisotopic (exact) mass is 676 g/mol. The molecular formula is C37H42F2N4O6. The summed E-state index contributed by atoms with van der Waals surface area (Å²) in [5.41, 5.74) is -1.77. The van der Waals surface area contributed by atoms with Crippen molar-refractivity contribution >= 4 is 29.7 Å². The maximum atomic E-state index is 15.6. The molecule has 10 nitrogen and oxygen atoms in total. The van der Waals surface area contributed by atoms with Gasteiger partial charge in [-0.05, 0) is 41.2 Å². The number of dihydropyridines is 1. The molecule has 0 aromatic heterocycles. The molecule has 0 saturated heterocycles. The zero-order valence-electron chi connectivity index (χ0n) is 27.7. The summed E-state index contributed by atoms with van der Waals surface area (Å²) in [5, 5.41) is 19.1. The smallest absolute Gasteiger partial charge is 0.408 e. The lowest BCUT2D eigenvalue weighted by Gasteiger charge is -2.39. The zero-order valence-corrected chi connectivity index (χ0v) is 27.7. The van der Waals surface area contributed by atoms with Crippen molar-refractivity contribution in [1.82, 2.24) is 16.0 Å². The van der Waals surface area contributed by atoms with Gasteiger partial charge in [0, 0.05) is 18.2 Å². The number of allylic oxidation sites excluding steroid dienone is 1. The maximum absolute atomic E-state index is 15.6. The van der Waals surface area contributed by atoms with Crippen molar-refractivity contribution in [3.63, 3.8) is 0 Å². The molecule has 1 heterocycles. The van der Waals surface area contributed by atoms with E-state index in [0.29, 0.717) is 30.8 Å². The quantitative estimate of drug-likeness (QED) is 0.151. The number of benzene rings is 3. The number of hydrogen-bond donors (Lipinski definition) is 4. The van der Waals surface area contributed by atoms with Crippen molar-refractivity contribution in [3.8, 4) is 5.75 Å². The summed E-state index contributed by atoms with van der Waals surface area (Å²) in [6.45, 7) is 4.48. The topological polar surface area (TPSA) is 138 Å². The van der Waals surface area contributed by atoms with Gasteiger partial charge in [0.25, 0.3) is 0 Å². The van der Waals surface area contributed by atoms with Crippen LogP contribution in [0.1, 0.15) is 56.7 Å². The van der Waals surface area contributed by atoms with Crippen LogP contribution in [-0.4, -0.2) is 53.5 Å². The van der Waals surface area contributed by atoms with E-state index < -0.39 is 53.8 Å². The average Bonchev–Trinajstić information content (AvgIpc) is 3.10. The van der Waals surface area contributed by atoms with Gasteiger partial charge in [0.05, 0.1) is 12.2 Å². The first-order valence-corrected chi connectivity index (χ1v) is 16.2. The fraction of sp³-hybridized carbons (Fsp3) is 0.351. The van der Waals surface area contributed by atoms with E-state index in [1.807, 2.05) is 43.3 Å². The predicted molar refractivity (Wildman–Crippen MR) is 182 cm³/mol. The Morgan fingerprint density at radius 3 is 2.10 bits per heavy atom. The molecule has 49 heavy (non-hydrogen) atoms. The van der Waals surface area contributed by atoms with Crippen LogP contribution in [0.4, 0.5) is 13.6 Å². The van der Waals surface area contributed by atoms with E-state index in [9.17, 15) is 19.5 Å². The molecule has 0 bridgehead atoms. The highest BCUT2D eigenvalue weighted by Crippen LogP contribution is 2.41. The molecule has 1 unspecified atom stereocenters. The van der Waals surface area contributed by atoms with E-state index in [-0.39, 0.29) is 18.6 Å². The van der Waals surface area contributed by atoms with Crippen molar-refractivity contribution in [1.29, 1.82) is 0 Å². The molecule has 0 saturated carbocycles. The standard InChI is InChI=1S/C37H42F2N4O6/c1-4-5-16-31(44)40-24-36(47)33(43-34(45)32(25(2)3)42-35(46)49-23-27-14-10-7-11-15-27)30(21-41-37(36,38)39)28-17-19-29(20-18-28)48-22-26-12-8-6-9-13-26/h6-15,17-21,25,32,47H,4-5,16,22-24H2,1-3H3,(H,40,44)(H,42,46)(H,43,45)/t32-,36?/m0/s1. The van der Waals surface area contributed by atoms with Gasteiger partial charge in [-0.3, -0.25) is 9.59 Å². The van der Waals surface area contributed by atoms with Crippen LogP contribution in [-0.2, 0) is 27.5 Å². The Labute approximate surface area is 284 Å². The number of halogens is 2. The van der Waals surface area contributed by atoms with Gasteiger partial charge in [-0.15, -0.1) is 0 Å². The molecule has 1 aliphatic heterocycles. The van der Waals surface area contributed by atoms with Crippen molar-refractivity contribution in [3.05, 3.63) is 107 Å². The van der Waals surface area contributed by atoms with Crippen LogP contribution in [0, 0.1) is 5.92 Å². The summed E-state index contributed by atoms with van der Waals surface area (Å²) in [5.74, 6) is -1.46. The van der Waals surface area contributed by atoms with Crippen molar-refractivity contribution in [2.24, 2.45) is 10.9 Å². The van der Waals surface area contributed by atoms with Gasteiger partial charge in [-0.25, -0.2) is 9.79 Å². The minimum atomic E-state index is -4.15. The normalized spacial score (nSPS) is 17.3. The molecule has 2 atom stereocenters. The number of alkyl halides is 2. The Kier molecular flexibility index (Phi) is 12.6. The van der Waals surface area contributed by atoms with Gasteiger partial charge >= 0.3 is 12.1 Å². The molecule has 0 aliphatic carbocycles. The molecule has 1 aliphatic rings. The lowest BCUT2D eigenvalue weighted by molar-refractivity contribution is -0.158. The summed E-state index contributed by atoms with van der Waals surface area (Å²) >= 11 is 0. The Hall–Kier alpha value is -5.10. The third kappa shape index (κ3) is 9.73. The van der Waals surface area contributed by atoms with Crippen LogP contribution in [0.15, 0.2) is 95.6 Å². The Bertz CT molecular complexity index is 1630. The molecule has 3 amide bonds. The van der Waals surface area contributed by atoms with E-state index in [0.717, 1.165) is 17.3 Å². The van der Waals surface area contributed by atoms with Gasteiger partial charge in [0.2, 0.25) is 17.4 Å². The number of carbonyl (C=O) groups is 3. The van der Waals surface area contributed by atoms with Crippen LogP contribution >= 0.6 is 0 Å². The van der Waals surface area contributed by atoms with E-state index in [2.05, 4.69) is 20.9 Å². The number of ether oxygens (including phenoxy) is 2. The van der Waals surface area contributed by atoms with Gasteiger partial charge < -0.3 is 30.5 Å². The van der Waals surface area contributed by atoms with Gasteiger partial charge in [-0.1, -0.05) is 100.0 Å². The third-order valence-corrected chi connectivity index (χ3v) is 7.93. The molecule has 0 fully saturated rings. The molecule has 4 rings (SSSR count). The summed E-state index contributed by atoms with van der Waals surface area (Å²) in [7, 11) is 0. The van der Waals surface area contributed by atoms with Crippen molar-refractivity contribution in [2.45, 2.75) is 70.9 Å². The summed E-state index contributed by atoms with van der Waals surface area (Å²) in [6.07, 6.45) is 1.26. The molecule has 12 heteroatoms. The second-order valence-corrected chi connectivity index (χ2v) is 12.0. The maximum Gasteiger partial charge on any atom is 0.408 e. The molecule has 0 radical (unpaired) electrons. The highest BCUT2D eigenvalue weighted by molar-refractivity contribution is 6.13. The Morgan fingerprint density at radius 1 is 0.898 bits per heavy atom. The molecular weight excluding hydrogens is 634 g/mol. The molecule has 3 aromatic carbocycles. The lowest BCUT2D eigenvalue weighted by Crippen LogP contribution is -2.62. The first kappa shape index (κ1) is 36.7. The number of nitrogens with zero attached hydrogens (tertiary/aromatic N) is 1. The predicted octanol–water partition coefficient (Wildman–Crippen LogP) is 5.76. The highest BCUT2D eigenvalue weighted by Gasteiger charge is 2.59. The number of amides is 3. The van der Waals surface area contributed by atoms with E-state index in [4.69, 9.17) is 9.47 Å². The van der Waals surface area contributed by atoms with Crippen LogP contribution in [0.5, 0.6) is 5.75 Å². The second kappa shape index (κ2) is 16.8. The van der Waals surface area contributed by atoms with Crippen LogP contribution in [0.25, 0.3) is 5.57 Å². The average molecular weight is 677 g/mol. The number of rotatable bonds is 15. The van der Waals surface area contributed by atoms with Crippen molar-refractivity contribution < 1.29 is 37.7 Å². The van der Waals surface area contributed by atoms with Crippen LogP contribution < -0.4 is 20.7 Å². The number of nitrogens with one attached hydrogen (secondary N) is 3. The largest absolute Gasteiger partial charge is 0.489 e. The Morgan fingerprint density at radius 2 is 1.51 bits per heavy atom. The number of carbonyl (C=O) groups excluding carboxylic acids is 3. The highest BCUT2D eigenvalue weighted by atomic mass is 19.3. The van der Waals surface area contributed by atoms with Gasteiger partial charge in [0.15, 0.2) is 0 Å².